The number of nitrogen functional groups attached to an aromatic ring is 1. The number of halogens is 4. The molecule has 0 heterocycles. The summed E-state index contributed by atoms with van der Waals surface area (Å²) in [6.45, 7) is 0. The number of anilines is 3. The maximum Gasteiger partial charge on any atom is 0.152 e. The van der Waals surface area contributed by atoms with Crippen molar-refractivity contribution in [2.75, 3.05) is 11.1 Å². The van der Waals surface area contributed by atoms with Crippen LogP contribution >= 0.6 is 11.6 Å². The Balaban J connectivity index is 2.40. The van der Waals surface area contributed by atoms with Crippen LogP contribution < -0.4 is 11.1 Å². The fourth-order valence-electron chi connectivity index (χ4n) is 1.44. The molecule has 0 aromatic heterocycles. The van der Waals surface area contributed by atoms with E-state index in [1.807, 2.05) is 0 Å². The smallest absolute Gasteiger partial charge is 0.152 e. The van der Waals surface area contributed by atoms with Crippen molar-refractivity contribution in [3.05, 3.63) is 52.8 Å². The third-order valence-electron chi connectivity index (χ3n) is 2.28. The normalized spacial score (nSPS) is 10.4. The molecule has 0 radical (unpaired) electrons. The number of hydrogen-bond acceptors (Lipinski definition) is 2. The van der Waals surface area contributed by atoms with Gasteiger partial charge in [-0.3, -0.25) is 0 Å². The highest BCUT2D eigenvalue weighted by atomic mass is 35.5. The van der Waals surface area contributed by atoms with E-state index >= 15 is 0 Å². The van der Waals surface area contributed by atoms with Gasteiger partial charge in [-0.2, -0.15) is 0 Å². The van der Waals surface area contributed by atoms with Crippen LogP contribution in [0.5, 0.6) is 0 Å². The third-order valence-corrected chi connectivity index (χ3v) is 2.52. The minimum absolute atomic E-state index is 0.227. The Hall–Kier alpha value is -1.88. The molecule has 2 aromatic rings. The molecule has 0 fully saturated rings. The van der Waals surface area contributed by atoms with Crippen LogP contribution in [0.4, 0.5) is 30.2 Å². The first kappa shape index (κ1) is 12.6. The standard InChI is InChI=1S/C12H8ClF3N2/c13-6-1-2-11(10(17)3-6)18-12-8(15)4-7(14)5-9(12)16/h1-5,18H,17H2. The van der Waals surface area contributed by atoms with Crippen LogP contribution in [0.15, 0.2) is 30.3 Å². The zero-order valence-corrected chi connectivity index (χ0v) is 9.73. The summed E-state index contributed by atoms with van der Waals surface area (Å²) in [5, 5.41) is 2.86. The van der Waals surface area contributed by atoms with Crippen molar-refractivity contribution in [3.63, 3.8) is 0 Å². The summed E-state index contributed by atoms with van der Waals surface area (Å²) in [5.41, 5.74) is 5.67. The Labute approximate surface area is 106 Å². The first-order chi connectivity index (χ1) is 8.47. The predicted molar refractivity (Wildman–Crippen MR) is 65.5 cm³/mol. The summed E-state index contributed by atoms with van der Waals surface area (Å²) < 4.78 is 39.5. The highest BCUT2D eigenvalue weighted by Gasteiger charge is 2.12. The molecule has 0 unspecified atom stereocenters. The average molecular weight is 273 g/mol. The first-order valence-electron chi connectivity index (χ1n) is 4.94. The van der Waals surface area contributed by atoms with Gasteiger partial charge >= 0.3 is 0 Å². The van der Waals surface area contributed by atoms with Crippen LogP contribution in [-0.2, 0) is 0 Å². The van der Waals surface area contributed by atoms with Crippen LogP contribution in [0.3, 0.4) is 0 Å². The lowest BCUT2D eigenvalue weighted by atomic mass is 10.2. The predicted octanol–water partition coefficient (Wildman–Crippen LogP) is 4.08. The van der Waals surface area contributed by atoms with E-state index in [1.54, 1.807) is 0 Å². The lowest BCUT2D eigenvalue weighted by Gasteiger charge is -2.11. The highest BCUT2D eigenvalue weighted by Crippen LogP contribution is 2.29. The molecule has 0 spiro atoms. The first-order valence-corrected chi connectivity index (χ1v) is 5.32. The summed E-state index contributed by atoms with van der Waals surface area (Å²) >= 11 is 5.70. The van der Waals surface area contributed by atoms with Crippen LogP contribution in [-0.4, -0.2) is 0 Å². The molecular weight excluding hydrogens is 265 g/mol. The van der Waals surface area contributed by atoms with E-state index in [2.05, 4.69) is 5.32 Å². The Kier molecular flexibility index (Phi) is 3.34. The van der Waals surface area contributed by atoms with Gasteiger partial charge in [-0.05, 0) is 18.2 Å². The fourth-order valence-corrected chi connectivity index (χ4v) is 1.62. The summed E-state index contributed by atoms with van der Waals surface area (Å²) in [6, 6.07) is 5.58. The van der Waals surface area contributed by atoms with Gasteiger partial charge in [-0.1, -0.05) is 11.6 Å². The van der Waals surface area contributed by atoms with Crippen LogP contribution in [0.1, 0.15) is 0 Å². The number of hydrogen-bond donors (Lipinski definition) is 2. The molecule has 3 N–H and O–H groups in total. The Bertz CT molecular complexity index is 579. The monoisotopic (exact) mass is 272 g/mol. The van der Waals surface area contributed by atoms with Gasteiger partial charge in [0.15, 0.2) is 11.6 Å². The molecule has 6 heteroatoms. The summed E-state index contributed by atoms with van der Waals surface area (Å²) in [6.07, 6.45) is 0. The van der Waals surface area contributed by atoms with Crippen LogP contribution in [0, 0.1) is 17.5 Å². The van der Waals surface area contributed by atoms with E-state index in [9.17, 15) is 13.2 Å². The van der Waals surface area contributed by atoms with Gasteiger partial charge in [0.05, 0.1) is 11.4 Å². The van der Waals surface area contributed by atoms with Crippen molar-refractivity contribution in [2.45, 2.75) is 0 Å². The molecule has 0 saturated carbocycles. The molecule has 0 bridgehead atoms. The maximum absolute atomic E-state index is 13.4. The fraction of sp³-hybridized carbons (Fsp3) is 0. The van der Waals surface area contributed by atoms with Crippen LogP contribution in [0.2, 0.25) is 5.02 Å². The molecule has 0 aliphatic heterocycles. The van der Waals surface area contributed by atoms with E-state index in [0.717, 1.165) is 0 Å². The molecule has 18 heavy (non-hydrogen) atoms. The van der Waals surface area contributed by atoms with Crippen molar-refractivity contribution in [2.24, 2.45) is 0 Å². The minimum Gasteiger partial charge on any atom is -0.397 e. The minimum atomic E-state index is -1.04. The molecule has 2 rings (SSSR count). The highest BCUT2D eigenvalue weighted by molar-refractivity contribution is 6.31. The molecule has 0 atom stereocenters. The SMILES string of the molecule is Nc1cc(Cl)ccc1Nc1c(F)cc(F)cc1F. The lowest BCUT2D eigenvalue weighted by Crippen LogP contribution is -2.01. The quantitative estimate of drug-likeness (QED) is 0.808. The Morgan fingerprint density at radius 3 is 2.17 bits per heavy atom. The van der Waals surface area contributed by atoms with Gasteiger partial charge in [0.1, 0.15) is 11.5 Å². The molecule has 0 amide bonds. The molecule has 94 valence electrons. The summed E-state index contributed by atoms with van der Waals surface area (Å²) in [4.78, 5) is 0. The van der Waals surface area contributed by atoms with Gasteiger partial charge < -0.3 is 11.1 Å². The zero-order valence-electron chi connectivity index (χ0n) is 8.98. The van der Waals surface area contributed by atoms with E-state index in [-0.39, 0.29) is 11.4 Å². The maximum atomic E-state index is 13.4. The molecule has 0 saturated heterocycles. The Morgan fingerprint density at radius 1 is 1.00 bits per heavy atom. The molecular formula is C12H8ClF3N2. The molecule has 0 aliphatic rings. The number of nitrogens with one attached hydrogen (secondary N) is 1. The second kappa shape index (κ2) is 4.78. The van der Waals surface area contributed by atoms with Gasteiger partial charge in [0.2, 0.25) is 0 Å². The van der Waals surface area contributed by atoms with E-state index < -0.39 is 23.1 Å². The second-order valence-electron chi connectivity index (χ2n) is 3.60. The topological polar surface area (TPSA) is 38.0 Å². The van der Waals surface area contributed by atoms with Crippen molar-refractivity contribution < 1.29 is 13.2 Å². The average Bonchev–Trinajstić information content (AvgIpc) is 2.25. The van der Waals surface area contributed by atoms with Gasteiger partial charge in [0.25, 0.3) is 0 Å². The van der Waals surface area contributed by atoms with Crippen LogP contribution in [0.25, 0.3) is 0 Å². The van der Waals surface area contributed by atoms with Gasteiger partial charge in [-0.25, -0.2) is 13.2 Å². The molecule has 2 aromatic carbocycles. The van der Waals surface area contributed by atoms with E-state index in [0.29, 0.717) is 17.2 Å². The van der Waals surface area contributed by atoms with E-state index in [1.165, 1.54) is 18.2 Å². The van der Waals surface area contributed by atoms with E-state index in [4.69, 9.17) is 17.3 Å². The number of rotatable bonds is 2. The molecule has 0 aliphatic carbocycles. The van der Waals surface area contributed by atoms with Gasteiger partial charge in [0, 0.05) is 17.2 Å². The third kappa shape index (κ3) is 2.51. The lowest BCUT2D eigenvalue weighted by molar-refractivity contribution is 0.549. The zero-order chi connectivity index (χ0) is 13.3. The number of benzene rings is 2. The van der Waals surface area contributed by atoms with Crippen molar-refractivity contribution in [1.29, 1.82) is 0 Å². The molecule has 2 nitrogen and oxygen atoms in total. The Morgan fingerprint density at radius 2 is 1.61 bits per heavy atom. The summed E-state index contributed by atoms with van der Waals surface area (Å²) in [7, 11) is 0. The summed E-state index contributed by atoms with van der Waals surface area (Å²) in [5.74, 6) is -3.07. The van der Waals surface area contributed by atoms with Crippen molar-refractivity contribution in [3.8, 4) is 0 Å². The van der Waals surface area contributed by atoms with Gasteiger partial charge in [-0.15, -0.1) is 0 Å². The number of nitrogens with two attached hydrogens (primary N) is 1. The largest absolute Gasteiger partial charge is 0.397 e. The van der Waals surface area contributed by atoms with Crippen molar-refractivity contribution >= 4 is 28.7 Å². The second-order valence-corrected chi connectivity index (χ2v) is 4.04. The van der Waals surface area contributed by atoms with Crippen molar-refractivity contribution in [1.82, 2.24) is 0 Å².